The summed E-state index contributed by atoms with van der Waals surface area (Å²) in [5.74, 6) is -0.0739. The molecule has 0 aromatic heterocycles. The van der Waals surface area contributed by atoms with Crippen LogP contribution < -0.4 is 11.1 Å². The van der Waals surface area contributed by atoms with Gasteiger partial charge in [0.2, 0.25) is 5.91 Å². The summed E-state index contributed by atoms with van der Waals surface area (Å²) < 4.78 is 0. The number of nitrogen functional groups attached to an aromatic ring is 1. The molecular formula is C15H15ClN2O. The van der Waals surface area contributed by atoms with Gasteiger partial charge in [-0.2, -0.15) is 0 Å². The molecule has 0 saturated carbocycles. The SMILES string of the molecule is Cc1cc(N)ccc1NC(=O)Cc1cccc(Cl)c1. The molecule has 0 spiro atoms. The van der Waals surface area contributed by atoms with Gasteiger partial charge in [0.05, 0.1) is 6.42 Å². The van der Waals surface area contributed by atoms with E-state index in [0.29, 0.717) is 17.1 Å². The van der Waals surface area contributed by atoms with E-state index in [-0.39, 0.29) is 5.91 Å². The van der Waals surface area contributed by atoms with Crippen molar-refractivity contribution in [2.45, 2.75) is 13.3 Å². The summed E-state index contributed by atoms with van der Waals surface area (Å²) in [5, 5.41) is 3.50. The lowest BCUT2D eigenvalue weighted by molar-refractivity contribution is -0.115. The number of carbonyl (C=O) groups excluding carboxylic acids is 1. The molecule has 4 heteroatoms. The van der Waals surface area contributed by atoms with Crippen LogP contribution in [0, 0.1) is 6.92 Å². The van der Waals surface area contributed by atoms with Crippen LogP contribution >= 0.6 is 11.6 Å². The van der Waals surface area contributed by atoms with Crippen LogP contribution in [0.5, 0.6) is 0 Å². The summed E-state index contributed by atoms with van der Waals surface area (Å²) in [6.45, 7) is 1.91. The smallest absolute Gasteiger partial charge is 0.228 e. The van der Waals surface area contributed by atoms with Crippen molar-refractivity contribution in [1.82, 2.24) is 0 Å². The molecule has 0 aliphatic rings. The number of halogens is 1. The summed E-state index contributed by atoms with van der Waals surface area (Å²) in [7, 11) is 0. The van der Waals surface area contributed by atoms with E-state index < -0.39 is 0 Å². The molecule has 0 fully saturated rings. The summed E-state index contributed by atoms with van der Waals surface area (Å²) in [4.78, 5) is 11.9. The predicted molar refractivity (Wildman–Crippen MR) is 79.4 cm³/mol. The highest BCUT2D eigenvalue weighted by molar-refractivity contribution is 6.30. The average molecular weight is 275 g/mol. The van der Waals surface area contributed by atoms with Gasteiger partial charge < -0.3 is 11.1 Å². The van der Waals surface area contributed by atoms with Gasteiger partial charge in [-0.1, -0.05) is 23.7 Å². The highest BCUT2D eigenvalue weighted by Gasteiger charge is 2.06. The molecule has 98 valence electrons. The number of carbonyl (C=O) groups is 1. The molecule has 19 heavy (non-hydrogen) atoms. The van der Waals surface area contributed by atoms with Crippen LogP contribution in [0.25, 0.3) is 0 Å². The van der Waals surface area contributed by atoms with Crippen molar-refractivity contribution in [3.8, 4) is 0 Å². The molecule has 3 N–H and O–H groups in total. The Hall–Kier alpha value is -2.00. The normalized spacial score (nSPS) is 10.2. The largest absolute Gasteiger partial charge is 0.399 e. The standard InChI is InChI=1S/C15H15ClN2O/c1-10-7-13(17)5-6-14(10)18-15(19)9-11-3-2-4-12(16)8-11/h2-8H,9,17H2,1H3,(H,18,19). The van der Waals surface area contributed by atoms with Crippen LogP contribution in [0.1, 0.15) is 11.1 Å². The van der Waals surface area contributed by atoms with E-state index in [1.54, 1.807) is 24.3 Å². The zero-order valence-electron chi connectivity index (χ0n) is 10.6. The molecule has 2 aromatic rings. The molecule has 0 bridgehead atoms. The number of amides is 1. The highest BCUT2D eigenvalue weighted by atomic mass is 35.5. The first-order valence-electron chi connectivity index (χ1n) is 5.95. The van der Waals surface area contributed by atoms with E-state index in [9.17, 15) is 4.79 Å². The molecule has 3 nitrogen and oxygen atoms in total. The molecule has 1 amide bonds. The Morgan fingerprint density at radius 3 is 2.74 bits per heavy atom. The van der Waals surface area contributed by atoms with E-state index >= 15 is 0 Å². The number of anilines is 2. The minimum Gasteiger partial charge on any atom is -0.399 e. The Morgan fingerprint density at radius 1 is 1.26 bits per heavy atom. The summed E-state index contributed by atoms with van der Waals surface area (Å²) in [6, 6.07) is 12.7. The molecule has 2 aromatic carbocycles. The van der Waals surface area contributed by atoms with Gasteiger partial charge in [0, 0.05) is 16.4 Å². The van der Waals surface area contributed by atoms with E-state index in [1.165, 1.54) is 0 Å². The van der Waals surface area contributed by atoms with Gasteiger partial charge in [-0.3, -0.25) is 4.79 Å². The molecule has 2 rings (SSSR count). The third-order valence-corrected chi connectivity index (χ3v) is 3.01. The minimum absolute atomic E-state index is 0.0739. The maximum Gasteiger partial charge on any atom is 0.228 e. The number of nitrogens with one attached hydrogen (secondary N) is 1. The van der Waals surface area contributed by atoms with Crippen molar-refractivity contribution in [3.05, 3.63) is 58.6 Å². The topological polar surface area (TPSA) is 55.1 Å². The van der Waals surface area contributed by atoms with Crippen LogP contribution in [0.4, 0.5) is 11.4 Å². The third-order valence-electron chi connectivity index (χ3n) is 2.78. The maximum atomic E-state index is 11.9. The lowest BCUT2D eigenvalue weighted by atomic mass is 10.1. The van der Waals surface area contributed by atoms with Gasteiger partial charge >= 0.3 is 0 Å². The van der Waals surface area contributed by atoms with E-state index in [1.807, 2.05) is 25.1 Å². The average Bonchev–Trinajstić information content (AvgIpc) is 2.33. The van der Waals surface area contributed by atoms with Gasteiger partial charge in [0.25, 0.3) is 0 Å². The van der Waals surface area contributed by atoms with Crippen LogP contribution in [0.15, 0.2) is 42.5 Å². The number of rotatable bonds is 3. The first kappa shape index (κ1) is 13.4. The van der Waals surface area contributed by atoms with Crippen LogP contribution in [-0.2, 0) is 11.2 Å². The predicted octanol–water partition coefficient (Wildman–Crippen LogP) is 3.41. The number of nitrogens with two attached hydrogens (primary N) is 1. The van der Waals surface area contributed by atoms with Crippen molar-refractivity contribution in [1.29, 1.82) is 0 Å². The molecule has 0 aliphatic heterocycles. The van der Waals surface area contributed by atoms with Crippen LogP contribution in [0.3, 0.4) is 0 Å². The number of hydrogen-bond acceptors (Lipinski definition) is 2. The first-order chi connectivity index (χ1) is 9.04. The maximum absolute atomic E-state index is 11.9. The van der Waals surface area contributed by atoms with Crippen molar-refractivity contribution in [2.75, 3.05) is 11.1 Å². The molecule has 0 saturated heterocycles. The van der Waals surface area contributed by atoms with Gasteiger partial charge in [-0.15, -0.1) is 0 Å². The quantitative estimate of drug-likeness (QED) is 0.843. The lowest BCUT2D eigenvalue weighted by Gasteiger charge is -2.09. The van der Waals surface area contributed by atoms with E-state index in [0.717, 1.165) is 16.8 Å². The monoisotopic (exact) mass is 274 g/mol. The van der Waals surface area contributed by atoms with Gasteiger partial charge in [-0.05, 0) is 48.4 Å². The number of aryl methyl sites for hydroxylation is 1. The second-order valence-corrected chi connectivity index (χ2v) is 4.87. The fourth-order valence-electron chi connectivity index (χ4n) is 1.85. The third kappa shape index (κ3) is 3.73. The van der Waals surface area contributed by atoms with E-state index in [2.05, 4.69) is 5.32 Å². The lowest BCUT2D eigenvalue weighted by Crippen LogP contribution is -2.15. The Morgan fingerprint density at radius 2 is 2.05 bits per heavy atom. The molecular weight excluding hydrogens is 260 g/mol. The summed E-state index contributed by atoms with van der Waals surface area (Å²) >= 11 is 5.89. The molecule has 0 heterocycles. The number of hydrogen-bond donors (Lipinski definition) is 2. The van der Waals surface area contributed by atoms with Crippen molar-refractivity contribution in [2.24, 2.45) is 0 Å². The Labute approximate surface area is 117 Å². The van der Waals surface area contributed by atoms with Crippen LogP contribution in [0.2, 0.25) is 5.02 Å². The second-order valence-electron chi connectivity index (χ2n) is 4.43. The highest BCUT2D eigenvalue weighted by Crippen LogP contribution is 2.18. The first-order valence-corrected chi connectivity index (χ1v) is 6.33. The second kappa shape index (κ2) is 5.76. The zero-order valence-corrected chi connectivity index (χ0v) is 11.4. The van der Waals surface area contributed by atoms with Crippen molar-refractivity contribution < 1.29 is 4.79 Å². The molecule has 0 unspecified atom stereocenters. The number of benzene rings is 2. The minimum atomic E-state index is -0.0739. The van der Waals surface area contributed by atoms with Crippen molar-refractivity contribution >= 4 is 28.9 Å². The van der Waals surface area contributed by atoms with Gasteiger partial charge in [-0.25, -0.2) is 0 Å². The Kier molecular flexibility index (Phi) is 4.07. The fourth-order valence-corrected chi connectivity index (χ4v) is 2.07. The fraction of sp³-hybridized carbons (Fsp3) is 0.133. The summed E-state index contributed by atoms with van der Waals surface area (Å²) in [6.07, 6.45) is 0.296. The Balaban J connectivity index is 2.05. The molecule has 0 atom stereocenters. The van der Waals surface area contributed by atoms with Crippen molar-refractivity contribution in [3.63, 3.8) is 0 Å². The van der Waals surface area contributed by atoms with Crippen LogP contribution in [-0.4, -0.2) is 5.91 Å². The van der Waals surface area contributed by atoms with Gasteiger partial charge in [0.1, 0.15) is 0 Å². The van der Waals surface area contributed by atoms with Gasteiger partial charge in [0.15, 0.2) is 0 Å². The molecule has 0 aliphatic carbocycles. The zero-order chi connectivity index (χ0) is 13.8. The Bertz CT molecular complexity index is 611. The van der Waals surface area contributed by atoms with E-state index in [4.69, 9.17) is 17.3 Å². The molecule has 0 radical (unpaired) electrons. The summed E-state index contributed by atoms with van der Waals surface area (Å²) in [5.41, 5.74) is 8.97.